The van der Waals surface area contributed by atoms with Crippen molar-refractivity contribution in [1.82, 2.24) is 5.32 Å². The first-order valence-corrected chi connectivity index (χ1v) is 7.30. The number of amides is 1. The lowest BCUT2D eigenvalue weighted by Crippen LogP contribution is -2.36. The molecule has 1 saturated carbocycles. The van der Waals surface area contributed by atoms with E-state index < -0.39 is 0 Å². The standard InChI is InChI=1S/C15H21ClN2O/c16-13-5-1-3-11(9-13)7-8-18-15(19)14-6-2-4-12(14)10-17/h1,3,5,9,12,14H,2,4,6-8,10,17H2,(H,18,19)/t12-,14-/m1/s1. The van der Waals surface area contributed by atoms with Gasteiger partial charge in [-0.15, -0.1) is 0 Å². The highest BCUT2D eigenvalue weighted by Crippen LogP contribution is 2.30. The minimum Gasteiger partial charge on any atom is -0.356 e. The molecule has 0 aliphatic heterocycles. The van der Waals surface area contributed by atoms with Crippen molar-refractivity contribution in [2.24, 2.45) is 17.6 Å². The zero-order chi connectivity index (χ0) is 13.7. The summed E-state index contributed by atoms with van der Waals surface area (Å²) < 4.78 is 0. The molecule has 19 heavy (non-hydrogen) atoms. The van der Waals surface area contributed by atoms with Crippen LogP contribution in [-0.4, -0.2) is 19.0 Å². The molecule has 2 atom stereocenters. The van der Waals surface area contributed by atoms with Crippen LogP contribution in [0.1, 0.15) is 24.8 Å². The van der Waals surface area contributed by atoms with Crippen LogP contribution in [0.3, 0.4) is 0 Å². The van der Waals surface area contributed by atoms with Crippen LogP contribution in [0.15, 0.2) is 24.3 Å². The molecule has 3 N–H and O–H groups in total. The van der Waals surface area contributed by atoms with Crippen molar-refractivity contribution in [3.8, 4) is 0 Å². The molecular weight excluding hydrogens is 260 g/mol. The largest absolute Gasteiger partial charge is 0.356 e. The van der Waals surface area contributed by atoms with Crippen molar-refractivity contribution in [1.29, 1.82) is 0 Å². The normalized spacial score (nSPS) is 22.4. The highest BCUT2D eigenvalue weighted by atomic mass is 35.5. The molecule has 1 aliphatic carbocycles. The average Bonchev–Trinajstić information content (AvgIpc) is 2.87. The lowest BCUT2D eigenvalue weighted by Gasteiger charge is -2.17. The van der Waals surface area contributed by atoms with Crippen molar-refractivity contribution in [2.45, 2.75) is 25.7 Å². The molecule has 0 radical (unpaired) electrons. The number of benzene rings is 1. The van der Waals surface area contributed by atoms with E-state index in [9.17, 15) is 4.79 Å². The van der Waals surface area contributed by atoms with Crippen LogP contribution in [-0.2, 0) is 11.2 Å². The Morgan fingerprint density at radius 3 is 3.00 bits per heavy atom. The first kappa shape index (κ1) is 14.4. The fourth-order valence-electron chi connectivity index (χ4n) is 2.82. The van der Waals surface area contributed by atoms with E-state index in [0.717, 1.165) is 36.3 Å². The Morgan fingerprint density at radius 1 is 1.42 bits per heavy atom. The number of carbonyl (C=O) groups excluding carboxylic acids is 1. The Hall–Kier alpha value is -1.06. The Bertz CT molecular complexity index is 436. The van der Waals surface area contributed by atoms with Crippen LogP contribution in [0.5, 0.6) is 0 Å². The van der Waals surface area contributed by atoms with Gasteiger partial charge in [0.15, 0.2) is 0 Å². The van der Waals surface area contributed by atoms with E-state index in [1.165, 1.54) is 0 Å². The number of carbonyl (C=O) groups is 1. The maximum Gasteiger partial charge on any atom is 0.223 e. The number of halogens is 1. The van der Waals surface area contributed by atoms with Gasteiger partial charge < -0.3 is 11.1 Å². The molecule has 1 amide bonds. The van der Waals surface area contributed by atoms with E-state index in [-0.39, 0.29) is 11.8 Å². The van der Waals surface area contributed by atoms with Crippen LogP contribution in [0, 0.1) is 11.8 Å². The summed E-state index contributed by atoms with van der Waals surface area (Å²) in [4.78, 5) is 12.1. The number of hydrogen-bond donors (Lipinski definition) is 2. The molecular formula is C15H21ClN2O. The quantitative estimate of drug-likeness (QED) is 0.870. The molecule has 0 heterocycles. The summed E-state index contributed by atoms with van der Waals surface area (Å²) in [6.45, 7) is 1.28. The molecule has 3 nitrogen and oxygen atoms in total. The van der Waals surface area contributed by atoms with Crippen LogP contribution in [0.4, 0.5) is 0 Å². The Morgan fingerprint density at radius 2 is 2.26 bits per heavy atom. The molecule has 1 fully saturated rings. The number of rotatable bonds is 5. The lowest BCUT2D eigenvalue weighted by molar-refractivity contribution is -0.125. The van der Waals surface area contributed by atoms with Gasteiger partial charge in [-0.2, -0.15) is 0 Å². The van der Waals surface area contributed by atoms with Gasteiger partial charge in [-0.3, -0.25) is 4.79 Å². The van der Waals surface area contributed by atoms with E-state index >= 15 is 0 Å². The van der Waals surface area contributed by atoms with Gasteiger partial charge in [0.1, 0.15) is 0 Å². The van der Waals surface area contributed by atoms with Gasteiger partial charge >= 0.3 is 0 Å². The van der Waals surface area contributed by atoms with Crippen LogP contribution in [0.25, 0.3) is 0 Å². The number of nitrogens with one attached hydrogen (secondary N) is 1. The first-order chi connectivity index (χ1) is 9.20. The minimum atomic E-state index is 0.115. The third kappa shape index (κ3) is 3.95. The van der Waals surface area contributed by atoms with Crippen LogP contribution < -0.4 is 11.1 Å². The topological polar surface area (TPSA) is 55.1 Å². The number of hydrogen-bond acceptors (Lipinski definition) is 2. The van der Waals surface area contributed by atoms with Gasteiger partial charge in [-0.25, -0.2) is 0 Å². The molecule has 2 rings (SSSR count). The fourth-order valence-corrected chi connectivity index (χ4v) is 3.03. The molecule has 104 valence electrons. The molecule has 0 bridgehead atoms. The Balaban J connectivity index is 1.78. The maximum absolute atomic E-state index is 12.1. The minimum absolute atomic E-state index is 0.115. The van der Waals surface area contributed by atoms with Gasteiger partial charge in [-0.05, 0) is 49.4 Å². The first-order valence-electron chi connectivity index (χ1n) is 6.93. The molecule has 0 aromatic heterocycles. The van der Waals surface area contributed by atoms with E-state index in [1.807, 2.05) is 24.3 Å². The zero-order valence-corrected chi connectivity index (χ0v) is 11.8. The van der Waals surface area contributed by atoms with Gasteiger partial charge in [0.2, 0.25) is 5.91 Å². The predicted octanol–water partition coefficient (Wildman–Crippen LogP) is 2.37. The number of nitrogens with two attached hydrogens (primary N) is 1. The smallest absolute Gasteiger partial charge is 0.223 e. The summed E-state index contributed by atoms with van der Waals surface area (Å²) in [5.74, 6) is 0.644. The van der Waals surface area contributed by atoms with Gasteiger partial charge in [0, 0.05) is 17.5 Å². The van der Waals surface area contributed by atoms with Crippen molar-refractivity contribution >= 4 is 17.5 Å². The van der Waals surface area contributed by atoms with Crippen LogP contribution in [0.2, 0.25) is 5.02 Å². The van der Waals surface area contributed by atoms with Crippen molar-refractivity contribution < 1.29 is 4.79 Å². The summed E-state index contributed by atoms with van der Waals surface area (Å²) in [6.07, 6.45) is 3.99. The third-order valence-electron chi connectivity index (χ3n) is 3.90. The zero-order valence-electron chi connectivity index (χ0n) is 11.1. The highest BCUT2D eigenvalue weighted by Gasteiger charge is 2.31. The van der Waals surface area contributed by atoms with E-state index in [4.69, 9.17) is 17.3 Å². The SMILES string of the molecule is NC[C@H]1CCC[C@H]1C(=O)NCCc1cccc(Cl)c1. The van der Waals surface area contributed by atoms with Crippen LogP contribution >= 0.6 is 11.6 Å². The second-order valence-corrected chi connectivity index (χ2v) is 5.64. The Labute approximate surface area is 119 Å². The maximum atomic E-state index is 12.1. The summed E-state index contributed by atoms with van der Waals surface area (Å²) in [7, 11) is 0. The Kier molecular flexibility index (Phi) is 5.23. The summed E-state index contributed by atoms with van der Waals surface area (Å²) in [5.41, 5.74) is 6.85. The van der Waals surface area contributed by atoms with E-state index in [2.05, 4.69) is 5.32 Å². The highest BCUT2D eigenvalue weighted by molar-refractivity contribution is 6.30. The van der Waals surface area contributed by atoms with Crippen molar-refractivity contribution in [2.75, 3.05) is 13.1 Å². The second-order valence-electron chi connectivity index (χ2n) is 5.20. The summed E-state index contributed by atoms with van der Waals surface area (Å²) in [5, 5.41) is 3.76. The van der Waals surface area contributed by atoms with E-state index in [0.29, 0.717) is 19.0 Å². The summed E-state index contributed by atoms with van der Waals surface area (Å²) in [6, 6.07) is 7.75. The molecule has 4 heteroatoms. The molecule has 1 aliphatic rings. The average molecular weight is 281 g/mol. The van der Waals surface area contributed by atoms with Gasteiger partial charge in [0.05, 0.1) is 0 Å². The van der Waals surface area contributed by atoms with Crippen molar-refractivity contribution in [3.05, 3.63) is 34.9 Å². The molecule has 1 aromatic carbocycles. The predicted molar refractivity (Wildman–Crippen MR) is 78.1 cm³/mol. The lowest BCUT2D eigenvalue weighted by atomic mass is 9.95. The van der Waals surface area contributed by atoms with Crippen molar-refractivity contribution in [3.63, 3.8) is 0 Å². The van der Waals surface area contributed by atoms with Gasteiger partial charge in [-0.1, -0.05) is 30.2 Å². The fraction of sp³-hybridized carbons (Fsp3) is 0.533. The molecule has 1 aromatic rings. The summed E-state index contributed by atoms with van der Waals surface area (Å²) >= 11 is 5.93. The second kappa shape index (κ2) is 6.92. The molecule has 0 saturated heterocycles. The monoisotopic (exact) mass is 280 g/mol. The van der Waals surface area contributed by atoms with Gasteiger partial charge in [0.25, 0.3) is 0 Å². The van der Waals surface area contributed by atoms with E-state index in [1.54, 1.807) is 0 Å². The molecule has 0 unspecified atom stereocenters. The molecule has 0 spiro atoms. The third-order valence-corrected chi connectivity index (χ3v) is 4.14.